The number of rotatable bonds is 8. The van der Waals surface area contributed by atoms with Crippen LogP contribution in [-0.2, 0) is 11.2 Å². The molecule has 0 saturated heterocycles. The molecule has 0 unspecified atom stereocenters. The minimum atomic E-state index is -0.424. The average Bonchev–Trinajstić information content (AvgIpc) is 2.99. The van der Waals surface area contributed by atoms with Gasteiger partial charge in [0, 0.05) is 12.8 Å². The van der Waals surface area contributed by atoms with Gasteiger partial charge in [0.25, 0.3) is 5.91 Å². The topological polar surface area (TPSA) is 45.0 Å². The smallest absolute Gasteiger partial charge is 0.261 e. The largest absolute Gasteiger partial charge is 0.296 e. The van der Waals surface area contributed by atoms with Crippen LogP contribution in [0.1, 0.15) is 31.7 Å². The van der Waals surface area contributed by atoms with Gasteiger partial charge in [-0.25, -0.2) is 4.39 Å². The van der Waals surface area contributed by atoms with Crippen molar-refractivity contribution in [3.8, 4) is 0 Å². The lowest BCUT2D eigenvalue weighted by Crippen LogP contribution is -2.28. The molecule has 0 fully saturated rings. The van der Waals surface area contributed by atoms with Crippen molar-refractivity contribution in [2.45, 2.75) is 32.6 Å². The average molecular weight is 365 g/mol. The quantitative estimate of drug-likeness (QED) is 0.496. The Hall–Kier alpha value is -2.82. The molecule has 1 amide bonds. The molecule has 2 aromatic carbocycles. The number of anilines is 1. The van der Waals surface area contributed by atoms with Crippen LogP contribution in [0.15, 0.2) is 64.7 Å². The first-order valence-corrected chi connectivity index (χ1v) is 9.40. The predicted molar refractivity (Wildman–Crippen MR) is 108 cm³/mol. The van der Waals surface area contributed by atoms with Gasteiger partial charge >= 0.3 is 0 Å². The lowest BCUT2D eigenvalue weighted by molar-refractivity contribution is -0.118. The van der Waals surface area contributed by atoms with Gasteiger partial charge < -0.3 is 0 Å². The number of halogens is 1. The van der Waals surface area contributed by atoms with E-state index < -0.39 is 5.92 Å². The molecule has 3 rings (SSSR count). The third-order valence-electron chi connectivity index (χ3n) is 4.49. The van der Waals surface area contributed by atoms with E-state index in [1.165, 1.54) is 22.7 Å². The van der Waals surface area contributed by atoms with Crippen LogP contribution >= 0.6 is 0 Å². The summed E-state index contributed by atoms with van der Waals surface area (Å²) in [6.07, 6.45) is 5.27. The van der Waals surface area contributed by atoms with Crippen LogP contribution in [0.25, 0.3) is 0 Å². The van der Waals surface area contributed by atoms with E-state index in [1.807, 2.05) is 18.2 Å². The Bertz CT molecular complexity index is 815. The number of carbonyl (C=O) groups is 1. The zero-order valence-electron chi connectivity index (χ0n) is 15.5. The maximum absolute atomic E-state index is 13.1. The molecule has 27 heavy (non-hydrogen) atoms. The summed E-state index contributed by atoms with van der Waals surface area (Å²) in [6.45, 7) is 2.73. The molecule has 0 aromatic heterocycles. The Kier molecular flexibility index (Phi) is 6.47. The minimum absolute atomic E-state index is 0.128. The molecular formula is C22H24FN3O. The summed E-state index contributed by atoms with van der Waals surface area (Å²) in [4.78, 5) is 17.3. The lowest BCUT2D eigenvalue weighted by Gasteiger charge is -2.12. The first kappa shape index (κ1) is 19.0. The molecule has 2 aromatic rings. The Morgan fingerprint density at radius 3 is 2.56 bits per heavy atom. The Morgan fingerprint density at radius 1 is 1.11 bits per heavy atom. The van der Waals surface area contributed by atoms with Crippen LogP contribution in [-0.4, -0.2) is 24.4 Å². The second-order valence-corrected chi connectivity index (χ2v) is 6.59. The predicted octanol–water partition coefficient (Wildman–Crippen LogP) is 4.65. The number of carbonyl (C=O) groups excluding carboxylic acids is 1. The maximum Gasteiger partial charge on any atom is 0.261 e. The van der Waals surface area contributed by atoms with Gasteiger partial charge in [-0.3, -0.25) is 9.79 Å². The number of hydrogen-bond acceptors (Lipinski definition) is 3. The molecule has 4 nitrogen and oxygen atoms in total. The van der Waals surface area contributed by atoms with Crippen LogP contribution in [0.5, 0.6) is 0 Å². The van der Waals surface area contributed by atoms with E-state index in [2.05, 4.69) is 29.2 Å². The number of hydrazone groups is 1. The molecular weight excluding hydrogens is 341 g/mol. The molecule has 0 bridgehead atoms. The normalized spacial score (nSPS) is 17.0. The second-order valence-electron chi connectivity index (χ2n) is 6.59. The number of amides is 1. The number of aliphatic imine (C=N–C) groups is 1. The number of benzene rings is 2. The summed E-state index contributed by atoms with van der Waals surface area (Å²) < 4.78 is 13.1. The van der Waals surface area contributed by atoms with Crippen molar-refractivity contribution in [3.63, 3.8) is 0 Å². The Balaban J connectivity index is 1.62. The summed E-state index contributed by atoms with van der Waals surface area (Å²) in [7, 11) is 0. The van der Waals surface area contributed by atoms with Crippen LogP contribution in [0.4, 0.5) is 10.1 Å². The van der Waals surface area contributed by atoms with Crippen molar-refractivity contribution in [2.75, 3.05) is 11.6 Å². The van der Waals surface area contributed by atoms with E-state index >= 15 is 0 Å². The SMILES string of the molecule is CCCC1=NN(c2ccc(F)cc2)C(=O)[C@@H]1C=NCCCc1ccccc1. The van der Waals surface area contributed by atoms with Crippen molar-refractivity contribution in [2.24, 2.45) is 16.0 Å². The van der Waals surface area contributed by atoms with Gasteiger partial charge in [-0.1, -0.05) is 43.7 Å². The molecule has 1 aliphatic rings. The number of hydrogen-bond donors (Lipinski definition) is 0. The van der Waals surface area contributed by atoms with Gasteiger partial charge in [0.15, 0.2) is 0 Å². The van der Waals surface area contributed by atoms with Crippen molar-refractivity contribution < 1.29 is 9.18 Å². The highest BCUT2D eigenvalue weighted by Crippen LogP contribution is 2.25. The van der Waals surface area contributed by atoms with E-state index in [9.17, 15) is 9.18 Å². The molecule has 140 valence electrons. The minimum Gasteiger partial charge on any atom is -0.296 e. The summed E-state index contributed by atoms with van der Waals surface area (Å²) in [5, 5.41) is 5.84. The van der Waals surface area contributed by atoms with Gasteiger partial charge in [0.1, 0.15) is 11.7 Å². The van der Waals surface area contributed by atoms with Crippen LogP contribution in [0.2, 0.25) is 0 Å². The zero-order chi connectivity index (χ0) is 19.1. The fourth-order valence-electron chi connectivity index (χ4n) is 3.09. The summed E-state index contributed by atoms with van der Waals surface area (Å²) in [5.41, 5.74) is 2.69. The van der Waals surface area contributed by atoms with Crippen LogP contribution in [0, 0.1) is 11.7 Å². The van der Waals surface area contributed by atoms with E-state index in [0.29, 0.717) is 12.2 Å². The second kappa shape index (κ2) is 9.21. The molecule has 0 aliphatic carbocycles. The van der Waals surface area contributed by atoms with Gasteiger partial charge in [-0.2, -0.15) is 10.1 Å². The van der Waals surface area contributed by atoms with Crippen molar-refractivity contribution in [1.82, 2.24) is 0 Å². The first-order valence-electron chi connectivity index (χ1n) is 9.40. The maximum atomic E-state index is 13.1. The third-order valence-corrected chi connectivity index (χ3v) is 4.49. The summed E-state index contributed by atoms with van der Waals surface area (Å²) in [5.74, 6) is -0.886. The standard InChI is InChI=1S/C22H24FN3O/c1-2-7-21-20(16-24-15-6-10-17-8-4-3-5-9-17)22(27)26(25-21)19-13-11-18(23)12-14-19/h3-5,8-9,11-14,16,20H,2,6-7,10,15H2,1H3/t20-/m1/s1. The fourth-order valence-corrected chi connectivity index (χ4v) is 3.09. The highest BCUT2D eigenvalue weighted by Gasteiger charge is 2.34. The highest BCUT2D eigenvalue weighted by molar-refractivity contribution is 6.24. The van der Waals surface area contributed by atoms with E-state index in [0.717, 1.165) is 31.4 Å². The van der Waals surface area contributed by atoms with Crippen molar-refractivity contribution >= 4 is 23.5 Å². The third kappa shape index (κ3) is 4.88. The van der Waals surface area contributed by atoms with Gasteiger partial charge in [0.2, 0.25) is 0 Å². The van der Waals surface area contributed by atoms with E-state index in [4.69, 9.17) is 0 Å². The summed E-state index contributed by atoms with van der Waals surface area (Å²) in [6, 6.07) is 16.1. The fraction of sp³-hybridized carbons (Fsp3) is 0.318. The molecule has 1 aliphatic heterocycles. The van der Waals surface area contributed by atoms with E-state index in [-0.39, 0.29) is 11.7 Å². The number of aryl methyl sites for hydroxylation is 1. The van der Waals surface area contributed by atoms with E-state index in [1.54, 1.807) is 18.3 Å². The highest BCUT2D eigenvalue weighted by atomic mass is 19.1. The Morgan fingerprint density at radius 2 is 1.85 bits per heavy atom. The van der Waals surface area contributed by atoms with Gasteiger partial charge in [0.05, 0.1) is 11.4 Å². The monoisotopic (exact) mass is 365 g/mol. The van der Waals surface area contributed by atoms with Crippen LogP contribution in [0.3, 0.4) is 0 Å². The van der Waals surface area contributed by atoms with Crippen molar-refractivity contribution in [3.05, 3.63) is 66.0 Å². The molecule has 0 spiro atoms. The van der Waals surface area contributed by atoms with Gasteiger partial charge in [-0.05, 0) is 49.1 Å². The lowest BCUT2D eigenvalue weighted by atomic mass is 10.0. The zero-order valence-corrected chi connectivity index (χ0v) is 15.5. The molecule has 0 N–H and O–H groups in total. The van der Waals surface area contributed by atoms with Gasteiger partial charge in [-0.15, -0.1) is 0 Å². The molecule has 5 heteroatoms. The first-order chi connectivity index (χ1) is 13.2. The number of nitrogens with zero attached hydrogens (tertiary/aromatic N) is 3. The molecule has 0 saturated carbocycles. The Labute approximate surface area is 159 Å². The molecule has 0 radical (unpaired) electrons. The van der Waals surface area contributed by atoms with Crippen LogP contribution < -0.4 is 5.01 Å². The van der Waals surface area contributed by atoms with Crippen molar-refractivity contribution in [1.29, 1.82) is 0 Å². The summed E-state index contributed by atoms with van der Waals surface area (Å²) >= 11 is 0. The molecule has 1 heterocycles. The molecule has 1 atom stereocenters.